The molecule has 0 unspecified atom stereocenters. The second kappa shape index (κ2) is 4.97. The first-order chi connectivity index (χ1) is 9.20. The van der Waals surface area contributed by atoms with Crippen LogP contribution in [-0.4, -0.2) is 9.97 Å². The van der Waals surface area contributed by atoms with Gasteiger partial charge in [0, 0.05) is 0 Å². The Bertz CT molecular complexity index is 672. The van der Waals surface area contributed by atoms with Crippen LogP contribution in [0.1, 0.15) is 5.69 Å². The van der Waals surface area contributed by atoms with Gasteiger partial charge in [-0.25, -0.2) is 18.7 Å². The van der Waals surface area contributed by atoms with E-state index in [9.17, 15) is 22.0 Å². The third kappa shape index (κ3) is 2.72. The maximum absolute atomic E-state index is 13.8. The van der Waals surface area contributed by atoms with Gasteiger partial charge in [-0.1, -0.05) is 0 Å². The van der Waals surface area contributed by atoms with Crippen LogP contribution in [0.5, 0.6) is 0 Å². The van der Waals surface area contributed by atoms with Gasteiger partial charge in [-0.3, -0.25) is 0 Å². The largest absolute Gasteiger partial charge is 0.433 e. The number of hydrogen-bond acceptors (Lipinski definition) is 3. The highest BCUT2D eigenvalue weighted by Gasteiger charge is 2.34. The number of rotatable bonds is 1. The van der Waals surface area contributed by atoms with Crippen molar-refractivity contribution >= 4 is 21.9 Å². The standard InChI is InChI=1S/C11H5BrF5N3/c12-4-1-2-5(13)8(9(4)14)6-3-7(11(15,16)17)20-10(18)19-6/h1-3H,(H2,18,19,20). The van der Waals surface area contributed by atoms with Crippen molar-refractivity contribution in [2.24, 2.45) is 0 Å². The number of alkyl halides is 3. The van der Waals surface area contributed by atoms with Crippen molar-refractivity contribution in [2.45, 2.75) is 6.18 Å². The summed E-state index contributed by atoms with van der Waals surface area (Å²) in [6, 6.07) is 2.42. The average molecular weight is 354 g/mol. The molecule has 0 bridgehead atoms. The summed E-state index contributed by atoms with van der Waals surface area (Å²) in [4.78, 5) is 6.44. The zero-order valence-corrected chi connectivity index (χ0v) is 11.1. The Labute approximate surface area is 117 Å². The topological polar surface area (TPSA) is 51.8 Å². The van der Waals surface area contributed by atoms with Crippen molar-refractivity contribution in [3.8, 4) is 11.3 Å². The molecule has 1 heterocycles. The highest BCUT2D eigenvalue weighted by Crippen LogP contribution is 2.34. The van der Waals surface area contributed by atoms with Crippen molar-refractivity contribution in [3.63, 3.8) is 0 Å². The number of nitrogens with zero attached hydrogens (tertiary/aromatic N) is 2. The Balaban J connectivity index is 2.71. The molecule has 0 aliphatic rings. The van der Waals surface area contributed by atoms with E-state index in [1.54, 1.807) is 0 Å². The van der Waals surface area contributed by atoms with E-state index in [2.05, 4.69) is 25.9 Å². The molecule has 0 aliphatic heterocycles. The molecule has 2 rings (SSSR count). The fraction of sp³-hybridized carbons (Fsp3) is 0.0909. The number of hydrogen-bond donors (Lipinski definition) is 1. The zero-order chi connectivity index (χ0) is 15.1. The molecule has 2 aromatic rings. The van der Waals surface area contributed by atoms with Gasteiger partial charge in [0.25, 0.3) is 0 Å². The minimum absolute atomic E-state index is 0.111. The summed E-state index contributed by atoms with van der Waals surface area (Å²) in [5.74, 6) is -2.86. The summed E-state index contributed by atoms with van der Waals surface area (Å²) < 4.78 is 65.2. The quantitative estimate of drug-likeness (QED) is 0.626. The molecule has 2 N–H and O–H groups in total. The van der Waals surface area contributed by atoms with Crippen LogP contribution in [0.3, 0.4) is 0 Å². The third-order valence-electron chi connectivity index (χ3n) is 2.33. The lowest BCUT2D eigenvalue weighted by Gasteiger charge is -2.10. The molecule has 0 atom stereocenters. The number of nitrogens with two attached hydrogens (primary N) is 1. The SMILES string of the molecule is Nc1nc(-c2c(F)ccc(Br)c2F)cc(C(F)(F)F)n1. The smallest absolute Gasteiger partial charge is 0.368 e. The number of nitrogen functional groups attached to an aromatic ring is 1. The molecular weight excluding hydrogens is 349 g/mol. The Morgan fingerprint density at radius 3 is 2.35 bits per heavy atom. The van der Waals surface area contributed by atoms with Crippen molar-refractivity contribution in [1.82, 2.24) is 9.97 Å². The lowest BCUT2D eigenvalue weighted by Crippen LogP contribution is -2.11. The fourth-order valence-electron chi connectivity index (χ4n) is 1.50. The maximum atomic E-state index is 13.8. The zero-order valence-electron chi connectivity index (χ0n) is 9.47. The average Bonchev–Trinajstić information content (AvgIpc) is 2.33. The molecule has 0 fully saturated rings. The van der Waals surface area contributed by atoms with Crippen LogP contribution in [0.15, 0.2) is 22.7 Å². The lowest BCUT2D eigenvalue weighted by molar-refractivity contribution is -0.141. The van der Waals surface area contributed by atoms with Gasteiger partial charge in [0.15, 0.2) is 5.69 Å². The van der Waals surface area contributed by atoms with Gasteiger partial charge < -0.3 is 5.73 Å². The van der Waals surface area contributed by atoms with E-state index in [0.717, 1.165) is 12.1 Å². The molecule has 20 heavy (non-hydrogen) atoms. The van der Waals surface area contributed by atoms with Crippen LogP contribution in [0.4, 0.5) is 27.9 Å². The molecule has 0 radical (unpaired) electrons. The first kappa shape index (κ1) is 14.6. The van der Waals surface area contributed by atoms with E-state index in [1.807, 2.05) is 0 Å². The van der Waals surface area contributed by atoms with Crippen molar-refractivity contribution in [1.29, 1.82) is 0 Å². The fourth-order valence-corrected chi connectivity index (χ4v) is 1.83. The summed E-state index contributed by atoms with van der Waals surface area (Å²) in [7, 11) is 0. The number of halogens is 6. The number of anilines is 1. The number of benzene rings is 1. The van der Waals surface area contributed by atoms with Gasteiger partial charge in [-0.2, -0.15) is 13.2 Å². The highest BCUT2D eigenvalue weighted by atomic mass is 79.9. The summed E-state index contributed by atoms with van der Waals surface area (Å²) >= 11 is 2.82. The molecule has 0 saturated carbocycles. The highest BCUT2D eigenvalue weighted by molar-refractivity contribution is 9.10. The van der Waals surface area contributed by atoms with Crippen molar-refractivity contribution < 1.29 is 22.0 Å². The third-order valence-corrected chi connectivity index (χ3v) is 2.95. The first-order valence-electron chi connectivity index (χ1n) is 5.06. The second-order valence-electron chi connectivity index (χ2n) is 3.71. The van der Waals surface area contributed by atoms with Crippen LogP contribution in [-0.2, 0) is 6.18 Å². The molecule has 1 aromatic heterocycles. The second-order valence-corrected chi connectivity index (χ2v) is 4.57. The van der Waals surface area contributed by atoms with Gasteiger partial charge >= 0.3 is 6.18 Å². The maximum Gasteiger partial charge on any atom is 0.433 e. The molecule has 0 spiro atoms. The lowest BCUT2D eigenvalue weighted by atomic mass is 10.1. The molecule has 3 nitrogen and oxygen atoms in total. The molecular formula is C11H5BrF5N3. The van der Waals surface area contributed by atoms with Crippen molar-refractivity contribution in [3.05, 3.63) is 40.0 Å². The van der Waals surface area contributed by atoms with Crippen LogP contribution in [0.25, 0.3) is 11.3 Å². The van der Waals surface area contributed by atoms with E-state index >= 15 is 0 Å². The van der Waals surface area contributed by atoms with Crippen LogP contribution in [0, 0.1) is 11.6 Å². The Hall–Kier alpha value is -1.77. The predicted octanol–water partition coefficient (Wildman–Crippen LogP) is 3.79. The Morgan fingerprint density at radius 2 is 1.75 bits per heavy atom. The Morgan fingerprint density at radius 1 is 1.10 bits per heavy atom. The van der Waals surface area contributed by atoms with E-state index in [4.69, 9.17) is 5.73 Å². The minimum atomic E-state index is -4.80. The van der Waals surface area contributed by atoms with E-state index in [1.165, 1.54) is 0 Å². The Kier molecular flexibility index (Phi) is 3.63. The summed E-state index contributed by atoms with van der Waals surface area (Å²) in [6.07, 6.45) is -4.80. The van der Waals surface area contributed by atoms with Crippen LogP contribution >= 0.6 is 15.9 Å². The summed E-state index contributed by atoms with van der Waals surface area (Å²) in [6.45, 7) is 0. The molecule has 106 valence electrons. The van der Waals surface area contributed by atoms with Gasteiger partial charge in [-0.05, 0) is 34.1 Å². The van der Waals surface area contributed by atoms with Gasteiger partial charge in [0.1, 0.15) is 11.6 Å². The minimum Gasteiger partial charge on any atom is -0.368 e. The first-order valence-corrected chi connectivity index (χ1v) is 5.85. The molecule has 0 saturated heterocycles. The molecule has 0 amide bonds. The van der Waals surface area contributed by atoms with Crippen LogP contribution in [0.2, 0.25) is 0 Å². The van der Waals surface area contributed by atoms with E-state index < -0.39 is 40.7 Å². The van der Waals surface area contributed by atoms with Gasteiger partial charge in [0.05, 0.1) is 15.7 Å². The normalized spacial score (nSPS) is 11.7. The molecule has 9 heteroatoms. The van der Waals surface area contributed by atoms with E-state index in [-0.39, 0.29) is 4.47 Å². The summed E-state index contributed by atoms with van der Waals surface area (Å²) in [5, 5.41) is 0. The van der Waals surface area contributed by atoms with Gasteiger partial charge in [-0.15, -0.1) is 0 Å². The van der Waals surface area contributed by atoms with Gasteiger partial charge in [0.2, 0.25) is 5.95 Å². The molecule has 1 aromatic carbocycles. The van der Waals surface area contributed by atoms with E-state index in [0.29, 0.717) is 6.07 Å². The number of aromatic nitrogens is 2. The van der Waals surface area contributed by atoms with Crippen LogP contribution < -0.4 is 5.73 Å². The molecule has 0 aliphatic carbocycles. The predicted molar refractivity (Wildman–Crippen MR) is 64.5 cm³/mol. The monoisotopic (exact) mass is 353 g/mol. The summed E-state index contributed by atoms with van der Waals surface area (Å²) in [5.41, 5.74) is 2.49. The van der Waals surface area contributed by atoms with Crippen molar-refractivity contribution in [2.75, 3.05) is 5.73 Å².